The molecule has 0 fully saturated rings. The van der Waals surface area contributed by atoms with Gasteiger partial charge in [0.15, 0.2) is 0 Å². The second kappa shape index (κ2) is 8.74. The molecule has 0 saturated heterocycles. The molecule has 0 aromatic heterocycles. The molecule has 0 N–H and O–H groups in total. The van der Waals surface area contributed by atoms with Gasteiger partial charge in [-0.15, -0.1) is 0 Å². The fourth-order valence-electron chi connectivity index (χ4n) is 2.54. The van der Waals surface area contributed by atoms with Gasteiger partial charge in [-0.25, -0.2) is 0 Å². The SMILES string of the molecule is CCN(CCC(F)(F)F)C(=O)c1cccc(OCc2cccc(C)c2)c1. The Balaban J connectivity index is 2.03. The average molecular weight is 365 g/mol. The van der Waals surface area contributed by atoms with E-state index in [0.717, 1.165) is 11.1 Å². The van der Waals surface area contributed by atoms with Crippen molar-refractivity contribution in [3.05, 3.63) is 65.2 Å². The summed E-state index contributed by atoms with van der Waals surface area (Å²) in [5, 5.41) is 0. The number of carbonyl (C=O) groups is 1. The lowest BCUT2D eigenvalue weighted by molar-refractivity contribution is -0.136. The highest BCUT2D eigenvalue weighted by atomic mass is 19.4. The monoisotopic (exact) mass is 365 g/mol. The Morgan fingerprint density at radius 3 is 2.50 bits per heavy atom. The van der Waals surface area contributed by atoms with Gasteiger partial charge < -0.3 is 9.64 Å². The minimum absolute atomic E-state index is 0.212. The number of hydrogen-bond acceptors (Lipinski definition) is 2. The van der Waals surface area contributed by atoms with E-state index in [0.29, 0.717) is 17.9 Å². The topological polar surface area (TPSA) is 29.5 Å². The molecule has 0 aliphatic carbocycles. The van der Waals surface area contributed by atoms with E-state index in [1.807, 2.05) is 31.2 Å². The van der Waals surface area contributed by atoms with Crippen LogP contribution in [0.3, 0.4) is 0 Å². The Kier molecular flexibility index (Phi) is 6.66. The first-order valence-corrected chi connectivity index (χ1v) is 8.43. The smallest absolute Gasteiger partial charge is 0.390 e. The minimum Gasteiger partial charge on any atom is -0.489 e. The molecule has 26 heavy (non-hydrogen) atoms. The van der Waals surface area contributed by atoms with Crippen LogP contribution in [0.2, 0.25) is 0 Å². The zero-order valence-electron chi connectivity index (χ0n) is 14.8. The first-order chi connectivity index (χ1) is 12.3. The molecule has 1 amide bonds. The van der Waals surface area contributed by atoms with Crippen molar-refractivity contribution >= 4 is 5.91 Å². The molecule has 2 aromatic rings. The van der Waals surface area contributed by atoms with Gasteiger partial charge in [-0.1, -0.05) is 35.9 Å². The van der Waals surface area contributed by atoms with Crippen molar-refractivity contribution in [1.82, 2.24) is 4.90 Å². The van der Waals surface area contributed by atoms with E-state index >= 15 is 0 Å². The fourth-order valence-corrected chi connectivity index (χ4v) is 2.54. The fraction of sp³-hybridized carbons (Fsp3) is 0.350. The third kappa shape index (κ3) is 6.10. The maximum Gasteiger partial charge on any atom is 0.390 e. The molecule has 6 heteroatoms. The highest BCUT2D eigenvalue weighted by Crippen LogP contribution is 2.21. The van der Waals surface area contributed by atoms with E-state index in [1.54, 1.807) is 31.2 Å². The molecule has 0 aliphatic rings. The summed E-state index contributed by atoms with van der Waals surface area (Å²) in [6, 6.07) is 14.4. The largest absolute Gasteiger partial charge is 0.489 e. The number of amides is 1. The predicted octanol–water partition coefficient (Wildman–Crippen LogP) is 4.99. The van der Waals surface area contributed by atoms with Crippen LogP contribution in [0.25, 0.3) is 0 Å². The van der Waals surface area contributed by atoms with Crippen LogP contribution >= 0.6 is 0 Å². The molecule has 0 spiro atoms. The van der Waals surface area contributed by atoms with Crippen molar-refractivity contribution in [2.24, 2.45) is 0 Å². The highest BCUT2D eigenvalue weighted by molar-refractivity contribution is 5.94. The Bertz CT molecular complexity index is 744. The second-order valence-corrected chi connectivity index (χ2v) is 6.06. The first-order valence-electron chi connectivity index (χ1n) is 8.43. The van der Waals surface area contributed by atoms with E-state index < -0.39 is 18.5 Å². The lowest BCUT2D eigenvalue weighted by Gasteiger charge is -2.22. The van der Waals surface area contributed by atoms with Gasteiger partial charge >= 0.3 is 6.18 Å². The Labute approximate surface area is 151 Å². The number of ether oxygens (including phenoxy) is 1. The van der Waals surface area contributed by atoms with Gasteiger partial charge in [0.25, 0.3) is 5.91 Å². The number of hydrogen-bond donors (Lipinski definition) is 0. The van der Waals surface area contributed by atoms with E-state index in [4.69, 9.17) is 4.74 Å². The standard InChI is InChI=1S/C20H22F3NO2/c1-3-24(11-10-20(21,22)23)19(25)17-8-5-9-18(13-17)26-14-16-7-4-6-15(2)12-16/h4-9,12-13H,3,10-11,14H2,1-2H3. The van der Waals surface area contributed by atoms with Crippen molar-refractivity contribution in [2.75, 3.05) is 13.1 Å². The number of rotatable bonds is 7. The molecule has 2 aromatic carbocycles. The maximum absolute atomic E-state index is 12.5. The van der Waals surface area contributed by atoms with Crippen LogP contribution in [0.1, 0.15) is 34.8 Å². The Morgan fingerprint density at radius 2 is 1.85 bits per heavy atom. The minimum atomic E-state index is -4.29. The van der Waals surface area contributed by atoms with Crippen molar-refractivity contribution in [1.29, 1.82) is 0 Å². The van der Waals surface area contributed by atoms with Gasteiger partial charge in [-0.2, -0.15) is 13.2 Å². The normalized spacial score (nSPS) is 11.3. The van der Waals surface area contributed by atoms with Gasteiger partial charge in [-0.05, 0) is 37.6 Å². The van der Waals surface area contributed by atoms with E-state index in [-0.39, 0.29) is 13.1 Å². The number of benzene rings is 2. The lowest BCUT2D eigenvalue weighted by Crippen LogP contribution is -2.34. The third-order valence-electron chi connectivity index (χ3n) is 3.90. The van der Waals surface area contributed by atoms with Crippen molar-refractivity contribution in [3.8, 4) is 5.75 Å². The van der Waals surface area contributed by atoms with Crippen molar-refractivity contribution in [2.45, 2.75) is 33.1 Å². The van der Waals surface area contributed by atoms with Crippen LogP contribution in [0.15, 0.2) is 48.5 Å². The van der Waals surface area contributed by atoms with E-state index in [2.05, 4.69) is 0 Å². The molecule has 3 nitrogen and oxygen atoms in total. The molecule has 140 valence electrons. The van der Waals surface area contributed by atoms with Crippen LogP contribution in [0.5, 0.6) is 5.75 Å². The number of aryl methyl sites for hydroxylation is 1. The summed E-state index contributed by atoms with van der Waals surface area (Å²) in [7, 11) is 0. The van der Waals surface area contributed by atoms with E-state index in [9.17, 15) is 18.0 Å². The lowest BCUT2D eigenvalue weighted by atomic mass is 10.1. The van der Waals surface area contributed by atoms with E-state index in [1.165, 1.54) is 4.90 Å². The molecule has 2 rings (SSSR count). The molecular weight excluding hydrogens is 343 g/mol. The summed E-state index contributed by atoms with van der Waals surface area (Å²) in [6.07, 6.45) is -5.30. The summed E-state index contributed by atoms with van der Waals surface area (Å²) < 4.78 is 43.0. The number of alkyl halides is 3. The quantitative estimate of drug-likeness (QED) is 0.692. The molecular formula is C20H22F3NO2. The summed E-state index contributed by atoms with van der Waals surface area (Å²) in [5.41, 5.74) is 2.44. The summed E-state index contributed by atoms with van der Waals surface area (Å²) >= 11 is 0. The van der Waals surface area contributed by atoms with Crippen molar-refractivity contribution < 1.29 is 22.7 Å². The second-order valence-electron chi connectivity index (χ2n) is 6.06. The van der Waals surface area contributed by atoms with Gasteiger partial charge in [0.05, 0.1) is 6.42 Å². The maximum atomic E-state index is 12.5. The third-order valence-corrected chi connectivity index (χ3v) is 3.90. The van der Waals surface area contributed by atoms with Gasteiger partial charge in [0.1, 0.15) is 12.4 Å². The first kappa shape index (κ1) is 19.8. The van der Waals surface area contributed by atoms with Gasteiger partial charge in [0, 0.05) is 18.7 Å². The number of nitrogens with zero attached hydrogens (tertiary/aromatic N) is 1. The molecule has 0 saturated carbocycles. The Morgan fingerprint density at radius 1 is 1.12 bits per heavy atom. The van der Waals surface area contributed by atoms with Crippen LogP contribution < -0.4 is 4.74 Å². The van der Waals surface area contributed by atoms with Crippen LogP contribution in [-0.4, -0.2) is 30.1 Å². The average Bonchev–Trinajstić information content (AvgIpc) is 2.60. The summed E-state index contributed by atoms with van der Waals surface area (Å²) in [6.45, 7) is 3.86. The van der Waals surface area contributed by atoms with Crippen LogP contribution in [0.4, 0.5) is 13.2 Å². The Hall–Kier alpha value is -2.50. The number of carbonyl (C=O) groups excluding carboxylic acids is 1. The molecule has 0 heterocycles. The molecule has 0 aliphatic heterocycles. The summed E-state index contributed by atoms with van der Waals surface area (Å²) in [4.78, 5) is 13.7. The van der Waals surface area contributed by atoms with Crippen LogP contribution in [-0.2, 0) is 6.61 Å². The van der Waals surface area contributed by atoms with Gasteiger partial charge in [-0.3, -0.25) is 4.79 Å². The highest BCUT2D eigenvalue weighted by Gasteiger charge is 2.28. The van der Waals surface area contributed by atoms with Gasteiger partial charge in [0.2, 0.25) is 0 Å². The zero-order chi connectivity index (χ0) is 19.2. The number of halogens is 3. The zero-order valence-corrected chi connectivity index (χ0v) is 14.8. The molecule has 0 atom stereocenters. The van der Waals surface area contributed by atoms with Crippen LogP contribution in [0, 0.1) is 6.92 Å². The van der Waals surface area contributed by atoms with Crippen molar-refractivity contribution in [3.63, 3.8) is 0 Å². The molecule has 0 bridgehead atoms. The molecule has 0 radical (unpaired) electrons. The molecule has 0 unspecified atom stereocenters. The predicted molar refractivity (Wildman–Crippen MR) is 94.2 cm³/mol. The summed E-state index contributed by atoms with van der Waals surface area (Å²) in [5.74, 6) is 0.0713.